The molecule has 7 nitrogen and oxygen atoms in total. The number of carbonyl (C=O) groups is 2. The molecule has 0 aliphatic heterocycles. The predicted molar refractivity (Wildman–Crippen MR) is 170 cm³/mol. The number of nitrogens with one attached hydrogen (secondary N) is 3. The van der Waals surface area contributed by atoms with Gasteiger partial charge in [0.1, 0.15) is 5.60 Å². The van der Waals surface area contributed by atoms with Crippen LogP contribution in [0.5, 0.6) is 0 Å². The van der Waals surface area contributed by atoms with Gasteiger partial charge in [-0.05, 0) is 105 Å². The van der Waals surface area contributed by atoms with E-state index in [2.05, 4.69) is 47.1 Å². The molecule has 2 amide bonds. The van der Waals surface area contributed by atoms with E-state index in [0.29, 0.717) is 16.9 Å². The molecule has 4 aromatic rings. The number of hydrogen-bond acceptors (Lipinski definition) is 6. The molecule has 1 atom stereocenters. The van der Waals surface area contributed by atoms with Gasteiger partial charge in [0.2, 0.25) is 0 Å². The molecule has 214 valence electrons. The molecule has 8 heteroatoms. The molecule has 0 saturated carbocycles. The third-order valence-corrected chi connectivity index (χ3v) is 7.00. The number of hydrogen-bond donors (Lipinski definition) is 3. The molecule has 0 spiro atoms. The Morgan fingerprint density at radius 2 is 1.61 bits per heavy atom. The van der Waals surface area contributed by atoms with Crippen LogP contribution in [0, 0.1) is 0 Å². The van der Waals surface area contributed by atoms with E-state index >= 15 is 0 Å². The van der Waals surface area contributed by atoms with Crippen molar-refractivity contribution in [3.05, 3.63) is 101 Å². The molecule has 1 aromatic heterocycles. The van der Waals surface area contributed by atoms with Crippen molar-refractivity contribution in [2.45, 2.75) is 32.3 Å². The molecule has 0 fully saturated rings. The van der Waals surface area contributed by atoms with Crippen LogP contribution in [0.25, 0.3) is 11.1 Å². The van der Waals surface area contributed by atoms with Gasteiger partial charge in [-0.3, -0.25) is 10.1 Å². The number of carbonyl (C=O) groups excluding carboxylic acids is 2. The number of rotatable bonds is 10. The van der Waals surface area contributed by atoms with Gasteiger partial charge in [-0.25, -0.2) is 4.79 Å². The van der Waals surface area contributed by atoms with Crippen LogP contribution in [0.3, 0.4) is 0 Å². The summed E-state index contributed by atoms with van der Waals surface area (Å²) in [5.41, 5.74) is 5.02. The number of para-hydroxylation sites is 1. The highest BCUT2D eigenvalue weighted by Gasteiger charge is 2.19. The first kappa shape index (κ1) is 29.8. The van der Waals surface area contributed by atoms with E-state index in [1.54, 1.807) is 38.2 Å². The highest BCUT2D eigenvalue weighted by Crippen LogP contribution is 2.31. The van der Waals surface area contributed by atoms with Crippen LogP contribution in [0.2, 0.25) is 0 Å². The second kappa shape index (κ2) is 13.5. The predicted octanol–water partition coefficient (Wildman–Crippen LogP) is 7.77. The first-order valence-corrected chi connectivity index (χ1v) is 14.5. The van der Waals surface area contributed by atoms with Crippen LogP contribution in [-0.4, -0.2) is 49.7 Å². The number of amides is 2. The van der Waals surface area contributed by atoms with Crippen molar-refractivity contribution in [2.75, 3.05) is 43.1 Å². The molecule has 1 unspecified atom stereocenters. The fourth-order valence-electron chi connectivity index (χ4n) is 4.41. The van der Waals surface area contributed by atoms with Gasteiger partial charge >= 0.3 is 6.09 Å². The molecule has 0 aliphatic carbocycles. The van der Waals surface area contributed by atoms with Crippen molar-refractivity contribution in [3.63, 3.8) is 0 Å². The number of ether oxygens (including phenoxy) is 1. The van der Waals surface area contributed by atoms with Crippen molar-refractivity contribution in [1.82, 2.24) is 4.90 Å². The highest BCUT2D eigenvalue weighted by molar-refractivity contribution is 7.08. The molecule has 0 radical (unpaired) electrons. The van der Waals surface area contributed by atoms with Crippen LogP contribution in [0.4, 0.5) is 21.9 Å². The van der Waals surface area contributed by atoms with Crippen molar-refractivity contribution < 1.29 is 14.3 Å². The normalized spacial score (nSPS) is 12.0. The Labute approximate surface area is 246 Å². The van der Waals surface area contributed by atoms with Crippen molar-refractivity contribution in [2.24, 2.45) is 0 Å². The van der Waals surface area contributed by atoms with Crippen LogP contribution < -0.4 is 16.0 Å². The fraction of sp³-hybridized carbons (Fsp3) is 0.273. The maximum absolute atomic E-state index is 13.4. The van der Waals surface area contributed by atoms with E-state index in [9.17, 15) is 9.59 Å². The summed E-state index contributed by atoms with van der Waals surface area (Å²) in [6.45, 7) is 7.04. The first-order valence-electron chi connectivity index (χ1n) is 13.6. The van der Waals surface area contributed by atoms with Gasteiger partial charge in [0, 0.05) is 30.3 Å². The Balaban J connectivity index is 1.52. The molecule has 41 heavy (non-hydrogen) atoms. The number of thiophene rings is 1. The maximum atomic E-state index is 13.4. The lowest BCUT2D eigenvalue weighted by Crippen LogP contribution is -2.27. The summed E-state index contributed by atoms with van der Waals surface area (Å²) in [4.78, 5) is 28.1. The minimum atomic E-state index is -0.646. The molecule has 3 aromatic carbocycles. The summed E-state index contributed by atoms with van der Waals surface area (Å²) in [7, 11) is 4.12. The molecule has 1 heterocycles. The first-order chi connectivity index (χ1) is 19.6. The minimum absolute atomic E-state index is 0.231. The Hall–Kier alpha value is -4.14. The lowest BCUT2D eigenvalue weighted by atomic mass is 9.97. The topological polar surface area (TPSA) is 82.7 Å². The van der Waals surface area contributed by atoms with E-state index < -0.39 is 11.7 Å². The van der Waals surface area contributed by atoms with Crippen molar-refractivity contribution >= 4 is 40.4 Å². The quantitative estimate of drug-likeness (QED) is 0.181. The standard InChI is InChI=1S/C33H38N4O3S/c1-33(2,3)40-32(39)36-29-16-15-25(26-17-18-41-22-26)19-30(29)35-31(38)24-13-11-23(12-14-24)27(21-37(4)5)20-34-28-9-7-6-8-10-28/h6-19,22,27,34H,20-21H2,1-5H3,(H,35,38)(H,36,39). The van der Waals surface area contributed by atoms with E-state index in [1.165, 1.54) is 0 Å². The molecule has 0 aliphatic rings. The van der Waals surface area contributed by atoms with E-state index in [1.807, 2.05) is 71.4 Å². The monoisotopic (exact) mass is 570 g/mol. The van der Waals surface area contributed by atoms with E-state index in [0.717, 1.165) is 35.5 Å². The Morgan fingerprint density at radius 3 is 2.24 bits per heavy atom. The van der Waals surface area contributed by atoms with Gasteiger partial charge in [0.25, 0.3) is 5.91 Å². The number of anilines is 3. The highest BCUT2D eigenvalue weighted by atomic mass is 32.1. The largest absolute Gasteiger partial charge is 0.444 e. The van der Waals surface area contributed by atoms with Gasteiger partial charge in [-0.15, -0.1) is 0 Å². The maximum Gasteiger partial charge on any atom is 0.412 e. The summed E-state index contributed by atoms with van der Waals surface area (Å²) in [6.07, 6.45) is -0.586. The van der Waals surface area contributed by atoms with Gasteiger partial charge in [-0.1, -0.05) is 36.4 Å². The zero-order valence-electron chi connectivity index (χ0n) is 24.2. The summed E-state index contributed by atoms with van der Waals surface area (Å²) in [5.74, 6) is -0.0351. The average Bonchev–Trinajstić information content (AvgIpc) is 3.47. The molecular formula is C33H38N4O3S. The summed E-state index contributed by atoms with van der Waals surface area (Å²) >= 11 is 1.60. The van der Waals surface area contributed by atoms with Gasteiger partial charge in [0.05, 0.1) is 11.4 Å². The molecule has 0 bridgehead atoms. The smallest absolute Gasteiger partial charge is 0.412 e. The lowest BCUT2D eigenvalue weighted by Gasteiger charge is -2.23. The van der Waals surface area contributed by atoms with Crippen molar-refractivity contribution in [3.8, 4) is 11.1 Å². The average molecular weight is 571 g/mol. The Morgan fingerprint density at radius 1 is 0.878 bits per heavy atom. The van der Waals surface area contributed by atoms with Crippen molar-refractivity contribution in [1.29, 1.82) is 0 Å². The summed E-state index contributed by atoms with van der Waals surface area (Å²) in [6, 6.07) is 25.4. The molecule has 4 rings (SSSR count). The second-order valence-electron chi connectivity index (χ2n) is 11.2. The zero-order valence-corrected chi connectivity index (χ0v) is 25.0. The molecule has 3 N–H and O–H groups in total. The van der Waals surface area contributed by atoms with E-state index in [4.69, 9.17) is 4.74 Å². The molecular weight excluding hydrogens is 532 g/mol. The Bertz CT molecular complexity index is 1430. The fourth-order valence-corrected chi connectivity index (χ4v) is 5.07. The summed E-state index contributed by atoms with van der Waals surface area (Å²) < 4.78 is 5.43. The minimum Gasteiger partial charge on any atom is -0.444 e. The van der Waals surface area contributed by atoms with Crippen LogP contribution in [0.1, 0.15) is 42.6 Å². The molecule has 0 saturated heterocycles. The Kier molecular flexibility index (Phi) is 9.81. The third-order valence-electron chi connectivity index (χ3n) is 6.31. The van der Waals surface area contributed by atoms with Crippen LogP contribution in [-0.2, 0) is 4.74 Å². The van der Waals surface area contributed by atoms with Gasteiger partial charge in [0.15, 0.2) is 0 Å². The van der Waals surface area contributed by atoms with E-state index in [-0.39, 0.29) is 11.8 Å². The lowest BCUT2D eigenvalue weighted by molar-refractivity contribution is 0.0635. The number of likely N-dealkylation sites (N-methyl/N-ethyl adjacent to an activating group) is 1. The third kappa shape index (κ3) is 8.93. The number of benzene rings is 3. The second-order valence-corrected chi connectivity index (χ2v) is 12.0. The number of nitrogens with zero attached hydrogens (tertiary/aromatic N) is 1. The van der Waals surface area contributed by atoms with Crippen LogP contribution in [0.15, 0.2) is 89.6 Å². The van der Waals surface area contributed by atoms with Crippen LogP contribution >= 0.6 is 11.3 Å². The van der Waals surface area contributed by atoms with Gasteiger partial charge in [-0.2, -0.15) is 11.3 Å². The summed E-state index contributed by atoms with van der Waals surface area (Å²) in [5, 5.41) is 13.3. The van der Waals surface area contributed by atoms with Gasteiger partial charge < -0.3 is 20.3 Å². The zero-order chi connectivity index (χ0) is 29.4. The SMILES string of the molecule is CN(C)CC(CNc1ccccc1)c1ccc(C(=O)Nc2cc(-c3ccsc3)ccc2NC(=O)OC(C)(C)C)cc1.